The fourth-order valence-electron chi connectivity index (χ4n) is 4.90. The Hall–Kier alpha value is -2.49. The predicted molar refractivity (Wildman–Crippen MR) is 169 cm³/mol. The van der Waals surface area contributed by atoms with E-state index >= 15 is 0 Å². The van der Waals surface area contributed by atoms with E-state index in [4.69, 9.17) is 46.4 Å². The van der Waals surface area contributed by atoms with Gasteiger partial charge >= 0.3 is 0 Å². The summed E-state index contributed by atoms with van der Waals surface area (Å²) >= 11 is 24.9. The molecule has 0 spiro atoms. The van der Waals surface area contributed by atoms with Crippen LogP contribution in [0.1, 0.15) is 44.6 Å². The van der Waals surface area contributed by atoms with Crippen molar-refractivity contribution in [2.45, 2.75) is 62.6 Å². The van der Waals surface area contributed by atoms with E-state index in [1.165, 1.54) is 35.2 Å². The zero-order valence-corrected chi connectivity index (χ0v) is 26.7. The highest BCUT2D eigenvalue weighted by Crippen LogP contribution is 2.33. The van der Waals surface area contributed by atoms with E-state index in [9.17, 15) is 18.0 Å². The highest BCUT2D eigenvalue weighted by molar-refractivity contribution is 7.92. The molecule has 1 aliphatic rings. The molecule has 0 aromatic heterocycles. The van der Waals surface area contributed by atoms with Crippen LogP contribution in [-0.4, -0.2) is 43.8 Å². The van der Waals surface area contributed by atoms with Gasteiger partial charge in [-0.3, -0.25) is 13.9 Å². The molecular weight excluding hydrogens is 640 g/mol. The molecule has 3 aromatic carbocycles. The predicted octanol–water partition coefficient (Wildman–Crippen LogP) is 7.36. The number of carbonyl (C=O) groups excluding carboxylic acids is 2. The number of rotatable bonds is 10. The van der Waals surface area contributed by atoms with E-state index in [-0.39, 0.29) is 34.1 Å². The van der Waals surface area contributed by atoms with Crippen molar-refractivity contribution in [2.75, 3.05) is 10.8 Å². The second-order valence-corrected chi connectivity index (χ2v) is 13.7. The van der Waals surface area contributed by atoms with Crippen molar-refractivity contribution in [2.24, 2.45) is 0 Å². The third kappa shape index (κ3) is 7.91. The zero-order valence-electron chi connectivity index (χ0n) is 22.9. The van der Waals surface area contributed by atoms with Gasteiger partial charge in [0, 0.05) is 17.6 Å². The lowest BCUT2D eigenvalue weighted by molar-refractivity contribution is -0.139. The van der Waals surface area contributed by atoms with Crippen molar-refractivity contribution in [3.05, 3.63) is 92.4 Å². The molecule has 224 valence electrons. The van der Waals surface area contributed by atoms with Crippen LogP contribution in [0.3, 0.4) is 0 Å². The van der Waals surface area contributed by atoms with Gasteiger partial charge in [0.25, 0.3) is 10.0 Å². The lowest BCUT2D eigenvalue weighted by Crippen LogP contribution is -2.53. The molecule has 1 N–H and O–H groups in total. The minimum Gasteiger partial charge on any atom is -0.352 e. The largest absolute Gasteiger partial charge is 0.352 e. The smallest absolute Gasteiger partial charge is 0.264 e. The van der Waals surface area contributed by atoms with Crippen molar-refractivity contribution < 1.29 is 18.0 Å². The minimum absolute atomic E-state index is 0.0114. The number of nitrogens with zero attached hydrogens (tertiary/aromatic N) is 2. The van der Waals surface area contributed by atoms with Gasteiger partial charge in [-0.25, -0.2) is 8.42 Å². The first-order chi connectivity index (χ1) is 20.0. The first-order valence-corrected chi connectivity index (χ1v) is 16.5. The number of carbonyl (C=O) groups is 2. The van der Waals surface area contributed by atoms with Crippen molar-refractivity contribution in [3.8, 4) is 0 Å². The molecule has 1 atom stereocenters. The fourth-order valence-corrected chi connectivity index (χ4v) is 7.24. The van der Waals surface area contributed by atoms with Gasteiger partial charge in [-0.1, -0.05) is 89.9 Å². The van der Waals surface area contributed by atoms with Crippen LogP contribution in [0.15, 0.2) is 71.6 Å². The number of nitrogens with one attached hydrogen (secondary N) is 1. The molecule has 12 heteroatoms. The second kappa shape index (κ2) is 14.3. The van der Waals surface area contributed by atoms with Gasteiger partial charge in [-0.2, -0.15) is 0 Å². The van der Waals surface area contributed by atoms with Gasteiger partial charge in [-0.05, 0) is 67.8 Å². The molecule has 0 bridgehead atoms. The summed E-state index contributed by atoms with van der Waals surface area (Å²) in [6.45, 7) is 0.988. The van der Waals surface area contributed by atoms with Gasteiger partial charge in [-0.15, -0.1) is 0 Å². The quantitative estimate of drug-likeness (QED) is 0.244. The maximum absolute atomic E-state index is 14.1. The molecule has 0 heterocycles. The molecule has 4 rings (SSSR count). The summed E-state index contributed by atoms with van der Waals surface area (Å²) in [6.07, 6.45) is 4.93. The standard InChI is InChI=1S/C30H31Cl4N3O4S/c1-20(30(39)35-23-8-4-2-5-9-23)36(18-21-12-14-25(32)26(33)16-21)29(38)19-37(28-15-13-22(31)17-27(28)34)42(40,41)24-10-6-3-7-11-24/h3,6-7,10-17,20,23H,2,4-5,8-9,18-19H2,1H3,(H,35,39)/t20-/m1/s1. The number of halogens is 4. The highest BCUT2D eigenvalue weighted by atomic mass is 35.5. The summed E-state index contributed by atoms with van der Waals surface area (Å²) < 4.78 is 28.7. The van der Waals surface area contributed by atoms with Crippen LogP contribution < -0.4 is 9.62 Å². The molecule has 0 radical (unpaired) electrons. The van der Waals surface area contributed by atoms with Crippen LogP contribution in [0, 0.1) is 0 Å². The molecule has 1 saturated carbocycles. The number of benzene rings is 3. The molecule has 0 aliphatic heterocycles. The van der Waals surface area contributed by atoms with Gasteiger partial charge < -0.3 is 10.2 Å². The number of sulfonamides is 1. The molecule has 3 aromatic rings. The van der Waals surface area contributed by atoms with Crippen LogP contribution in [0.2, 0.25) is 20.1 Å². The van der Waals surface area contributed by atoms with Crippen LogP contribution in [0.25, 0.3) is 0 Å². The van der Waals surface area contributed by atoms with E-state index < -0.39 is 28.5 Å². The first-order valence-electron chi connectivity index (χ1n) is 13.5. The average molecular weight is 671 g/mol. The van der Waals surface area contributed by atoms with Gasteiger partial charge in [0.2, 0.25) is 11.8 Å². The summed E-state index contributed by atoms with van der Waals surface area (Å²) in [5.74, 6) is -0.935. The van der Waals surface area contributed by atoms with Crippen molar-refractivity contribution in [1.82, 2.24) is 10.2 Å². The Labute approximate surface area is 266 Å². The summed E-state index contributed by atoms with van der Waals surface area (Å²) in [6, 6.07) is 16.1. The van der Waals surface area contributed by atoms with E-state index in [0.717, 1.165) is 36.4 Å². The summed E-state index contributed by atoms with van der Waals surface area (Å²) in [5.41, 5.74) is 0.698. The Morgan fingerprint density at radius 1 is 0.881 bits per heavy atom. The lowest BCUT2D eigenvalue weighted by atomic mass is 9.95. The Kier molecular flexibility index (Phi) is 11.1. The maximum Gasteiger partial charge on any atom is 0.264 e. The minimum atomic E-state index is -4.25. The molecule has 1 fully saturated rings. The van der Waals surface area contributed by atoms with Crippen LogP contribution in [0.5, 0.6) is 0 Å². The fraction of sp³-hybridized carbons (Fsp3) is 0.333. The topological polar surface area (TPSA) is 86.8 Å². The maximum atomic E-state index is 14.1. The monoisotopic (exact) mass is 669 g/mol. The molecule has 0 unspecified atom stereocenters. The van der Waals surface area contributed by atoms with E-state index in [2.05, 4.69) is 5.32 Å². The molecule has 2 amide bonds. The van der Waals surface area contributed by atoms with E-state index in [1.807, 2.05) is 0 Å². The van der Waals surface area contributed by atoms with E-state index in [0.29, 0.717) is 20.6 Å². The SMILES string of the molecule is C[C@H](C(=O)NC1CCCCC1)N(Cc1ccc(Cl)c(Cl)c1)C(=O)CN(c1ccc(Cl)cc1Cl)S(=O)(=O)c1ccccc1. The first kappa shape index (κ1) is 32.4. The van der Waals surface area contributed by atoms with Crippen molar-refractivity contribution in [1.29, 1.82) is 0 Å². The van der Waals surface area contributed by atoms with Gasteiger partial charge in [0.1, 0.15) is 12.6 Å². The number of hydrogen-bond acceptors (Lipinski definition) is 4. The average Bonchev–Trinajstić information content (AvgIpc) is 2.97. The molecule has 7 nitrogen and oxygen atoms in total. The highest BCUT2D eigenvalue weighted by Gasteiger charge is 2.34. The van der Waals surface area contributed by atoms with Crippen LogP contribution in [-0.2, 0) is 26.2 Å². The Balaban J connectivity index is 1.70. The summed E-state index contributed by atoms with van der Waals surface area (Å²) in [5, 5.41) is 4.07. The zero-order chi connectivity index (χ0) is 30.4. The normalized spacial score (nSPS) is 14.7. The summed E-state index contributed by atoms with van der Waals surface area (Å²) in [4.78, 5) is 28.8. The molecule has 0 saturated heterocycles. The lowest BCUT2D eigenvalue weighted by Gasteiger charge is -2.33. The number of anilines is 1. The van der Waals surface area contributed by atoms with E-state index in [1.54, 1.807) is 43.3 Å². The Bertz CT molecular complexity index is 1530. The molecular formula is C30H31Cl4N3O4S. The third-order valence-electron chi connectivity index (χ3n) is 7.24. The van der Waals surface area contributed by atoms with Crippen molar-refractivity contribution >= 4 is 73.9 Å². The number of hydrogen-bond donors (Lipinski definition) is 1. The Morgan fingerprint density at radius 2 is 1.57 bits per heavy atom. The Morgan fingerprint density at radius 3 is 2.21 bits per heavy atom. The van der Waals surface area contributed by atoms with Crippen molar-refractivity contribution in [3.63, 3.8) is 0 Å². The molecule has 42 heavy (non-hydrogen) atoms. The third-order valence-corrected chi connectivity index (χ3v) is 10.3. The van der Waals surface area contributed by atoms with Crippen LogP contribution in [0.4, 0.5) is 5.69 Å². The molecule has 1 aliphatic carbocycles. The van der Waals surface area contributed by atoms with Gasteiger partial charge in [0.05, 0.1) is 25.7 Å². The van der Waals surface area contributed by atoms with Gasteiger partial charge in [0.15, 0.2) is 0 Å². The van der Waals surface area contributed by atoms with Crippen LogP contribution >= 0.6 is 46.4 Å². The second-order valence-electron chi connectivity index (χ2n) is 10.2. The summed E-state index contributed by atoms with van der Waals surface area (Å²) in [7, 11) is -4.25. The number of amides is 2.